The Morgan fingerprint density at radius 1 is 1.24 bits per heavy atom. The van der Waals surface area contributed by atoms with Gasteiger partial charge < -0.3 is 5.32 Å². The summed E-state index contributed by atoms with van der Waals surface area (Å²) in [5, 5.41) is 2.77. The highest BCUT2D eigenvalue weighted by molar-refractivity contribution is 7.11. The summed E-state index contributed by atoms with van der Waals surface area (Å²) in [6.45, 7) is 2.43. The van der Waals surface area contributed by atoms with Gasteiger partial charge in [0.1, 0.15) is 6.54 Å². The average molecular weight is 307 g/mol. The highest BCUT2D eigenvalue weighted by Gasteiger charge is 2.07. The van der Waals surface area contributed by atoms with E-state index in [0.29, 0.717) is 6.54 Å². The van der Waals surface area contributed by atoms with Crippen LogP contribution >= 0.6 is 11.3 Å². The van der Waals surface area contributed by atoms with Crippen molar-refractivity contribution in [1.29, 1.82) is 0 Å². The van der Waals surface area contributed by atoms with Gasteiger partial charge in [0.25, 0.3) is 5.56 Å². The lowest BCUT2D eigenvalue weighted by Gasteiger charge is -2.07. The van der Waals surface area contributed by atoms with E-state index in [0.717, 1.165) is 15.9 Å². The van der Waals surface area contributed by atoms with E-state index < -0.39 is 5.69 Å². The minimum absolute atomic E-state index is 0.0983. The zero-order valence-corrected chi connectivity index (χ0v) is 12.8. The molecule has 0 bridgehead atoms. The molecule has 0 aromatic carbocycles. The molecule has 6 nitrogen and oxygen atoms in total. The normalized spacial score (nSPS) is 10.6. The lowest BCUT2D eigenvalue weighted by molar-refractivity contribution is -0.121. The van der Waals surface area contributed by atoms with Crippen molar-refractivity contribution in [1.82, 2.24) is 14.5 Å². The average Bonchev–Trinajstić information content (AvgIpc) is 2.94. The molecule has 0 radical (unpaired) electrons. The van der Waals surface area contributed by atoms with Crippen LogP contribution in [0.3, 0.4) is 0 Å². The highest BCUT2D eigenvalue weighted by atomic mass is 32.1. The van der Waals surface area contributed by atoms with E-state index in [-0.39, 0.29) is 18.0 Å². The summed E-state index contributed by atoms with van der Waals surface area (Å²) in [7, 11) is 1.39. The summed E-state index contributed by atoms with van der Waals surface area (Å²) in [5.74, 6) is -0.262. The maximum Gasteiger partial charge on any atom is 0.331 e. The SMILES string of the molecule is CCc1ccc(CNC(=O)Cn2ccc(=O)n(C)c2=O)s1. The Labute approximate surface area is 125 Å². The van der Waals surface area contributed by atoms with Crippen molar-refractivity contribution in [2.75, 3.05) is 0 Å². The minimum atomic E-state index is -0.498. The molecular weight excluding hydrogens is 290 g/mol. The maximum absolute atomic E-state index is 11.9. The quantitative estimate of drug-likeness (QED) is 0.873. The van der Waals surface area contributed by atoms with Crippen LogP contribution in [0.4, 0.5) is 0 Å². The van der Waals surface area contributed by atoms with Crippen LogP contribution in [0.1, 0.15) is 16.7 Å². The van der Waals surface area contributed by atoms with E-state index in [1.807, 2.05) is 12.1 Å². The zero-order chi connectivity index (χ0) is 15.4. The lowest BCUT2D eigenvalue weighted by atomic mass is 10.3. The van der Waals surface area contributed by atoms with Gasteiger partial charge >= 0.3 is 5.69 Å². The van der Waals surface area contributed by atoms with Crippen LogP contribution in [-0.4, -0.2) is 15.0 Å². The van der Waals surface area contributed by atoms with Gasteiger partial charge in [0, 0.05) is 29.1 Å². The fraction of sp³-hybridized carbons (Fsp3) is 0.357. The van der Waals surface area contributed by atoms with E-state index in [1.54, 1.807) is 11.3 Å². The topological polar surface area (TPSA) is 73.1 Å². The van der Waals surface area contributed by atoms with Crippen molar-refractivity contribution in [3.05, 3.63) is 55.0 Å². The number of amides is 1. The third kappa shape index (κ3) is 3.69. The molecule has 0 unspecified atom stereocenters. The van der Waals surface area contributed by atoms with Gasteiger partial charge in [0.05, 0.1) is 6.54 Å². The predicted octanol–water partition coefficient (Wildman–Crippen LogP) is 0.487. The second-order valence-corrected chi connectivity index (χ2v) is 5.87. The van der Waals surface area contributed by atoms with Crippen LogP contribution in [0.5, 0.6) is 0 Å². The highest BCUT2D eigenvalue weighted by Crippen LogP contribution is 2.16. The van der Waals surface area contributed by atoms with Gasteiger partial charge in [-0.25, -0.2) is 4.79 Å². The third-order valence-electron chi connectivity index (χ3n) is 3.10. The van der Waals surface area contributed by atoms with E-state index >= 15 is 0 Å². The van der Waals surface area contributed by atoms with Gasteiger partial charge in [0.2, 0.25) is 5.91 Å². The molecule has 0 atom stereocenters. The molecule has 0 aliphatic carbocycles. The van der Waals surface area contributed by atoms with Crippen LogP contribution in [0.25, 0.3) is 0 Å². The molecule has 2 aromatic rings. The molecule has 112 valence electrons. The number of thiophene rings is 1. The maximum atomic E-state index is 11.9. The zero-order valence-electron chi connectivity index (χ0n) is 12.0. The largest absolute Gasteiger partial charge is 0.350 e. The van der Waals surface area contributed by atoms with E-state index in [2.05, 4.69) is 12.2 Å². The van der Waals surface area contributed by atoms with Crippen molar-refractivity contribution in [3.63, 3.8) is 0 Å². The molecule has 0 aliphatic rings. The van der Waals surface area contributed by atoms with Crippen LogP contribution < -0.4 is 16.6 Å². The summed E-state index contributed by atoms with van der Waals surface area (Å²) in [6.07, 6.45) is 2.32. The van der Waals surface area contributed by atoms with Crippen molar-refractivity contribution >= 4 is 17.2 Å². The first-order valence-corrected chi connectivity index (χ1v) is 7.43. The second-order valence-electron chi connectivity index (χ2n) is 4.62. The molecule has 21 heavy (non-hydrogen) atoms. The Morgan fingerprint density at radius 2 is 1.95 bits per heavy atom. The number of aryl methyl sites for hydroxylation is 1. The Morgan fingerprint density at radius 3 is 2.62 bits per heavy atom. The Kier molecular flexibility index (Phi) is 4.74. The van der Waals surface area contributed by atoms with Gasteiger partial charge in [0.15, 0.2) is 0 Å². The first-order valence-electron chi connectivity index (χ1n) is 6.62. The van der Waals surface area contributed by atoms with Crippen molar-refractivity contribution in [2.24, 2.45) is 7.05 Å². The number of nitrogens with one attached hydrogen (secondary N) is 1. The lowest BCUT2D eigenvalue weighted by Crippen LogP contribution is -2.40. The molecule has 0 aliphatic heterocycles. The number of rotatable bonds is 5. The van der Waals surface area contributed by atoms with Crippen molar-refractivity contribution in [2.45, 2.75) is 26.4 Å². The molecular formula is C14H17N3O3S. The van der Waals surface area contributed by atoms with Gasteiger partial charge in [-0.3, -0.25) is 18.7 Å². The monoisotopic (exact) mass is 307 g/mol. The van der Waals surface area contributed by atoms with Gasteiger partial charge in [-0.15, -0.1) is 11.3 Å². The molecule has 0 spiro atoms. The molecule has 2 rings (SSSR count). The van der Waals surface area contributed by atoms with Gasteiger partial charge in [-0.05, 0) is 18.6 Å². The van der Waals surface area contributed by atoms with Gasteiger partial charge in [-0.2, -0.15) is 0 Å². The first kappa shape index (κ1) is 15.2. The predicted molar refractivity (Wildman–Crippen MR) is 81.5 cm³/mol. The molecule has 0 saturated heterocycles. The number of hydrogen-bond acceptors (Lipinski definition) is 4. The fourth-order valence-electron chi connectivity index (χ4n) is 1.84. The summed E-state index contributed by atoms with van der Waals surface area (Å²) in [4.78, 5) is 37.3. The molecule has 2 aromatic heterocycles. The Balaban J connectivity index is 1.97. The van der Waals surface area contributed by atoms with Crippen LogP contribution in [0.15, 0.2) is 34.0 Å². The Bertz CT molecular complexity index is 757. The fourth-order valence-corrected chi connectivity index (χ4v) is 2.74. The number of nitrogens with zero attached hydrogens (tertiary/aromatic N) is 2. The third-order valence-corrected chi connectivity index (χ3v) is 4.33. The smallest absolute Gasteiger partial charge is 0.331 e. The first-order chi connectivity index (χ1) is 10.0. The van der Waals surface area contributed by atoms with Gasteiger partial charge in [-0.1, -0.05) is 6.92 Å². The van der Waals surface area contributed by atoms with E-state index in [1.165, 1.54) is 28.8 Å². The molecule has 1 N–H and O–H groups in total. The van der Waals surface area contributed by atoms with Crippen LogP contribution in [0.2, 0.25) is 0 Å². The van der Waals surface area contributed by atoms with Crippen LogP contribution in [-0.2, 0) is 31.4 Å². The number of carbonyl (C=O) groups is 1. The number of carbonyl (C=O) groups excluding carboxylic acids is 1. The second kappa shape index (κ2) is 6.53. The minimum Gasteiger partial charge on any atom is -0.350 e. The summed E-state index contributed by atoms with van der Waals surface area (Å²) in [6, 6.07) is 5.30. The van der Waals surface area contributed by atoms with E-state index in [4.69, 9.17) is 0 Å². The van der Waals surface area contributed by atoms with Crippen molar-refractivity contribution in [3.8, 4) is 0 Å². The summed E-state index contributed by atoms with van der Waals surface area (Å²) < 4.78 is 2.18. The van der Waals surface area contributed by atoms with Crippen LogP contribution in [0, 0.1) is 0 Å². The molecule has 2 heterocycles. The molecule has 0 fully saturated rings. The molecule has 7 heteroatoms. The standard InChI is InChI=1S/C14H17N3O3S/c1-3-10-4-5-11(21-10)8-15-12(18)9-17-7-6-13(19)16(2)14(17)20/h4-7H,3,8-9H2,1-2H3,(H,15,18). The molecule has 0 saturated carbocycles. The number of aromatic nitrogens is 2. The van der Waals surface area contributed by atoms with E-state index in [9.17, 15) is 14.4 Å². The summed E-state index contributed by atoms with van der Waals surface area (Å²) >= 11 is 1.66. The molecule has 1 amide bonds. The van der Waals surface area contributed by atoms with Crippen molar-refractivity contribution < 1.29 is 4.79 Å². The summed E-state index contributed by atoms with van der Waals surface area (Å²) in [5.41, 5.74) is -0.885. The number of hydrogen-bond donors (Lipinski definition) is 1. The Hall–Kier alpha value is -2.15.